The molecule has 1 aliphatic rings. The molecule has 0 spiro atoms. The van der Waals surface area contributed by atoms with E-state index in [0.29, 0.717) is 5.69 Å². The number of hydrogen-bond donors (Lipinski definition) is 1. The third-order valence-corrected chi connectivity index (χ3v) is 8.99. The molecule has 0 aromatic carbocycles. The van der Waals surface area contributed by atoms with Gasteiger partial charge in [-0.25, -0.2) is 0 Å². The minimum absolute atomic E-state index is 0.00360. The number of aromatic nitrogens is 1. The summed E-state index contributed by atoms with van der Waals surface area (Å²) in [6.07, 6.45) is 4.03. The van der Waals surface area contributed by atoms with E-state index in [1.807, 2.05) is 12.3 Å². The Labute approximate surface area is 117 Å². The van der Waals surface area contributed by atoms with Gasteiger partial charge in [-0.3, -0.25) is 4.98 Å². The first kappa shape index (κ1) is 14.7. The van der Waals surface area contributed by atoms with Gasteiger partial charge in [0, 0.05) is 11.8 Å². The Morgan fingerprint density at radius 1 is 1.32 bits per heavy atom. The van der Waals surface area contributed by atoms with E-state index in [0.717, 1.165) is 18.4 Å². The Bertz CT molecular complexity index is 444. The predicted octanol–water partition coefficient (Wildman–Crippen LogP) is 3.58. The zero-order chi connectivity index (χ0) is 14.3. The van der Waals surface area contributed by atoms with Crippen LogP contribution in [0.5, 0.6) is 0 Å². The summed E-state index contributed by atoms with van der Waals surface area (Å²) in [5.41, 5.74) is 1.77. The van der Waals surface area contributed by atoms with Gasteiger partial charge in [0.25, 0.3) is 0 Å². The fourth-order valence-corrected chi connectivity index (χ4v) is 3.60. The average molecular weight is 279 g/mol. The van der Waals surface area contributed by atoms with Crippen molar-refractivity contribution >= 4 is 8.32 Å². The van der Waals surface area contributed by atoms with Crippen LogP contribution in [0.25, 0.3) is 0 Å². The van der Waals surface area contributed by atoms with Gasteiger partial charge in [0.05, 0.1) is 17.9 Å². The number of aliphatic hydroxyl groups excluding tert-OH is 1. The second-order valence-corrected chi connectivity index (χ2v) is 11.8. The van der Waals surface area contributed by atoms with Crippen molar-refractivity contribution < 1.29 is 9.53 Å². The highest BCUT2D eigenvalue weighted by molar-refractivity contribution is 6.74. The normalized spacial score (nSPS) is 18.4. The van der Waals surface area contributed by atoms with Crippen LogP contribution < -0.4 is 0 Å². The Hall–Kier alpha value is -0.713. The Balaban J connectivity index is 2.19. The molecule has 2 rings (SSSR count). The summed E-state index contributed by atoms with van der Waals surface area (Å²) in [5, 5.41) is 9.28. The standard InChI is InChI=1S/C15H25NO2Si/c1-14(2,3)19(4,5)18-15(8-9-15)12-6-7-13(11-17)16-10-12/h6-7,10,17H,8-9,11H2,1-5H3. The summed E-state index contributed by atoms with van der Waals surface area (Å²) in [5.74, 6) is 0. The average Bonchev–Trinajstić information content (AvgIpc) is 3.08. The Morgan fingerprint density at radius 2 is 1.95 bits per heavy atom. The van der Waals surface area contributed by atoms with E-state index in [-0.39, 0.29) is 17.2 Å². The second kappa shape index (κ2) is 4.68. The van der Waals surface area contributed by atoms with Crippen molar-refractivity contribution in [2.24, 2.45) is 0 Å². The Kier molecular flexibility index (Phi) is 3.62. The molecule has 106 valence electrons. The molecular weight excluding hydrogens is 254 g/mol. The number of pyridine rings is 1. The minimum Gasteiger partial charge on any atom is -0.407 e. The van der Waals surface area contributed by atoms with Crippen molar-refractivity contribution in [1.82, 2.24) is 4.98 Å². The van der Waals surface area contributed by atoms with Crippen molar-refractivity contribution in [2.75, 3.05) is 0 Å². The molecule has 0 aliphatic heterocycles. The molecule has 1 aromatic rings. The molecular formula is C15H25NO2Si. The topological polar surface area (TPSA) is 42.4 Å². The number of rotatable bonds is 4. The second-order valence-electron chi connectivity index (χ2n) is 7.05. The first-order chi connectivity index (χ1) is 8.70. The van der Waals surface area contributed by atoms with Crippen LogP contribution in [0.4, 0.5) is 0 Å². The third-order valence-electron chi connectivity index (χ3n) is 4.47. The SMILES string of the molecule is CC(C)(C)[Si](C)(C)OC1(c2ccc(CO)nc2)CC1. The number of aliphatic hydroxyl groups is 1. The molecule has 0 unspecified atom stereocenters. The first-order valence-corrected chi connectivity index (χ1v) is 9.87. The van der Waals surface area contributed by atoms with Crippen LogP contribution in [0.1, 0.15) is 44.9 Å². The van der Waals surface area contributed by atoms with Gasteiger partial charge in [0.1, 0.15) is 0 Å². The predicted molar refractivity (Wildman–Crippen MR) is 79.4 cm³/mol. The van der Waals surface area contributed by atoms with Crippen LogP contribution in [-0.4, -0.2) is 18.4 Å². The Morgan fingerprint density at radius 3 is 2.32 bits per heavy atom. The van der Waals surface area contributed by atoms with Crippen molar-refractivity contribution in [2.45, 2.75) is 64.0 Å². The van der Waals surface area contributed by atoms with E-state index < -0.39 is 8.32 Å². The van der Waals surface area contributed by atoms with Gasteiger partial charge in [-0.2, -0.15) is 0 Å². The molecule has 1 heterocycles. The van der Waals surface area contributed by atoms with E-state index in [2.05, 4.69) is 44.9 Å². The lowest BCUT2D eigenvalue weighted by Crippen LogP contribution is -2.44. The maximum Gasteiger partial charge on any atom is 0.193 e. The summed E-state index contributed by atoms with van der Waals surface area (Å²) in [7, 11) is -1.76. The molecule has 1 N–H and O–H groups in total. The molecule has 19 heavy (non-hydrogen) atoms. The molecule has 0 bridgehead atoms. The molecule has 0 saturated heterocycles. The molecule has 4 heteroatoms. The maximum absolute atomic E-state index is 9.05. The van der Waals surface area contributed by atoms with Crippen LogP contribution in [0.3, 0.4) is 0 Å². The first-order valence-electron chi connectivity index (χ1n) is 6.97. The molecule has 0 atom stereocenters. The highest BCUT2D eigenvalue weighted by Gasteiger charge is 2.52. The zero-order valence-corrected chi connectivity index (χ0v) is 13.7. The summed E-state index contributed by atoms with van der Waals surface area (Å²) in [6, 6.07) is 3.95. The van der Waals surface area contributed by atoms with Gasteiger partial charge in [0.15, 0.2) is 8.32 Å². The number of hydrogen-bond acceptors (Lipinski definition) is 3. The molecule has 0 radical (unpaired) electrons. The highest BCUT2D eigenvalue weighted by atomic mass is 28.4. The minimum atomic E-state index is -1.76. The molecule has 1 aliphatic carbocycles. The van der Waals surface area contributed by atoms with Crippen molar-refractivity contribution in [3.05, 3.63) is 29.6 Å². The smallest absolute Gasteiger partial charge is 0.193 e. The van der Waals surface area contributed by atoms with Crippen LogP contribution in [-0.2, 0) is 16.6 Å². The van der Waals surface area contributed by atoms with Crippen LogP contribution in [0, 0.1) is 0 Å². The summed E-state index contributed by atoms with van der Waals surface area (Å²) < 4.78 is 6.60. The van der Waals surface area contributed by atoms with Crippen molar-refractivity contribution in [3.8, 4) is 0 Å². The van der Waals surface area contributed by atoms with Crippen LogP contribution in [0.2, 0.25) is 18.1 Å². The van der Waals surface area contributed by atoms with E-state index >= 15 is 0 Å². The lowest BCUT2D eigenvalue weighted by atomic mass is 10.1. The molecule has 3 nitrogen and oxygen atoms in total. The fraction of sp³-hybridized carbons (Fsp3) is 0.667. The maximum atomic E-state index is 9.05. The quantitative estimate of drug-likeness (QED) is 0.857. The van der Waals surface area contributed by atoms with Gasteiger partial charge in [-0.15, -0.1) is 0 Å². The number of nitrogens with zero attached hydrogens (tertiary/aromatic N) is 1. The lowest BCUT2D eigenvalue weighted by molar-refractivity contribution is 0.158. The molecule has 1 fully saturated rings. The molecule has 1 aromatic heterocycles. The van der Waals surface area contributed by atoms with E-state index in [1.54, 1.807) is 0 Å². The van der Waals surface area contributed by atoms with E-state index in [1.165, 1.54) is 0 Å². The van der Waals surface area contributed by atoms with Gasteiger partial charge >= 0.3 is 0 Å². The van der Waals surface area contributed by atoms with Gasteiger partial charge in [-0.05, 0) is 37.0 Å². The molecule has 0 amide bonds. The third kappa shape index (κ3) is 2.91. The van der Waals surface area contributed by atoms with Crippen molar-refractivity contribution in [3.63, 3.8) is 0 Å². The monoisotopic (exact) mass is 279 g/mol. The van der Waals surface area contributed by atoms with Gasteiger partial charge in [0.2, 0.25) is 0 Å². The van der Waals surface area contributed by atoms with Gasteiger partial charge in [-0.1, -0.05) is 26.8 Å². The van der Waals surface area contributed by atoms with Crippen LogP contribution >= 0.6 is 0 Å². The zero-order valence-electron chi connectivity index (χ0n) is 12.7. The molecule has 1 saturated carbocycles. The van der Waals surface area contributed by atoms with Crippen LogP contribution in [0.15, 0.2) is 18.3 Å². The largest absolute Gasteiger partial charge is 0.407 e. The summed E-state index contributed by atoms with van der Waals surface area (Å²) in [4.78, 5) is 4.28. The van der Waals surface area contributed by atoms with Gasteiger partial charge < -0.3 is 9.53 Å². The van der Waals surface area contributed by atoms with Crippen molar-refractivity contribution in [1.29, 1.82) is 0 Å². The lowest BCUT2D eigenvalue weighted by Gasteiger charge is -2.39. The van der Waals surface area contributed by atoms with E-state index in [4.69, 9.17) is 9.53 Å². The highest BCUT2D eigenvalue weighted by Crippen LogP contribution is 2.53. The fourth-order valence-electron chi connectivity index (χ4n) is 1.99. The summed E-state index contributed by atoms with van der Waals surface area (Å²) in [6.45, 7) is 11.4. The summed E-state index contributed by atoms with van der Waals surface area (Å²) >= 11 is 0. The van der Waals surface area contributed by atoms with E-state index in [9.17, 15) is 0 Å².